The number of aryl methyl sites for hydroxylation is 1. The number of nitrogens with one attached hydrogen (secondary N) is 1. The molecule has 0 spiro atoms. The van der Waals surface area contributed by atoms with Crippen LogP contribution in [0.4, 0.5) is 0 Å². The second kappa shape index (κ2) is 4.60. The zero-order chi connectivity index (χ0) is 10.7. The first-order chi connectivity index (χ1) is 7.31. The van der Waals surface area contributed by atoms with Crippen LogP contribution < -0.4 is 5.32 Å². The molecule has 2 nitrogen and oxygen atoms in total. The summed E-state index contributed by atoms with van der Waals surface area (Å²) in [5.74, 6) is 0. The Bertz CT molecular complexity index is 371. The number of likely N-dealkylation sites (N-methyl/N-ethyl adjacent to an activating group) is 1. The molecule has 1 aliphatic rings. The van der Waals surface area contributed by atoms with Crippen LogP contribution >= 0.6 is 0 Å². The molecular weight excluding hydrogens is 186 g/mol. The Morgan fingerprint density at radius 2 is 2.33 bits per heavy atom. The van der Waals surface area contributed by atoms with Crippen LogP contribution in [0.15, 0.2) is 24.3 Å². The summed E-state index contributed by atoms with van der Waals surface area (Å²) in [6.45, 7) is 0. The Kier molecular flexibility index (Phi) is 3.19. The lowest BCUT2D eigenvalue weighted by atomic mass is 9.92. The van der Waals surface area contributed by atoms with Crippen LogP contribution in [-0.4, -0.2) is 18.4 Å². The van der Waals surface area contributed by atoms with E-state index in [-0.39, 0.29) is 0 Å². The summed E-state index contributed by atoms with van der Waals surface area (Å²) in [4.78, 5) is 0. The fraction of sp³-hybridized carbons (Fsp3) is 0.385. The van der Waals surface area contributed by atoms with Crippen LogP contribution in [0.2, 0.25) is 0 Å². The molecule has 80 valence electrons. The molecule has 0 saturated heterocycles. The average molecular weight is 203 g/mol. The van der Waals surface area contributed by atoms with Crippen LogP contribution in [0.1, 0.15) is 23.1 Å². The first-order valence-corrected chi connectivity index (χ1v) is 5.44. The summed E-state index contributed by atoms with van der Waals surface area (Å²) in [5.41, 5.74) is 3.93. The summed E-state index contributed by atoms with van der Waals surface area (Å²) in [6.07, 6.45) is 6.85. The summed E-state index contributed by atoms with van der Waals surface area (Å²) < 4.78 is 0. The molecule has 0 radical (unpaired) electrons. The summed E-state index contributed by atoms with van der Waals surface area (Å²) in [6, 6.07) is 6.35. The molecule has 0 aliphatic heterocycles. The fourth-order valence-corrected chi connectivity index (χ4v) is 2.03. The van der Waals surface area contributed by atoms with E-state index in [1.54, 1.807) is 7.05 Å². The Balaban J connectivity index is 2.28. The quantitative estimate of drug-likeness (QED) is 0.733. The molecule has 2 N–H and O–H groups in total. The Labute approximate surface area is 90.6 Å². The lowest BCUT2D eigenvalue weighted by Gasteiger charge is -2.17. The Morgan fingerprint density at radius 1 is 1.47 bits per heavy atom. The lowest BCUT2D eigenvalue weighted by molar-refractivity contribution is 0.147. The van der Waals surface area contributed by atoms with Gasteiger partial charge in [0.25, 0.3) is 0 Å². The zero-order valence-electron chi connectivity index (χ0n) is 9.03. The summed E-state index contributed by atoms with van der Waals surface area (Å²) >= 11 is 0. The molecule has 15 heavy (non-hydrogen) atoms. The van der Waals surface area contributed by atoms with Crippen molar-refractivity contribution in [3.05, 3.63) is 41.0 Å². The number of aliphatic hydroxyl groups excluding tert-OH is 1. The number of aliphatic hydroxyl groups is 1. The van der Waals surface area contributed by atoms with Crippen molar-refractivity contribution in [1.29, 1.82) is 0 Å². The molecule has 0 fully saturated rings. The van der Waals surface area contributed by atoms with Gasteiger partial charge in [0.05, 0.1) is 0 Å². The topological polar surface area (TPSA) is 32.3 Å². The van der Waals surface area contributed by atoms with E-state index in [9.17, 15) is 5.11 Å². The highest BCUT2D eigenvalue weighted by Crippen LogP contribution is 2.23. The van der Waals surface area contributed by atoms with E-state index in [0.29, 0.717) is 6.42 Å². The first kappa shape index (κ1) is 10.4. The molecule has 2 heteroatoms. The van der Waals surface area contributed by atoms with Crippen LogP contribution in [0, 0.1) is 0 Å². The van der Waals surface area contributed by atoms with Gasteiger partial charge >= 0.3 is 0 Å². The number of hydrogen-bond acceptors (Lipinski definition) is 2. The van der Waals surface area contributed by atoms with Crippen molar-refractivity contribution in [2.45, 2.75) is 25.5 Å². The second-order valence-electron chi connectivity index (χ2n) is 3.94. The van der Waals surface area contributed by atoms with E-state index in [0.717, 1.165) is 12.8 Å². The van der Waals surface area contributed by atoms with E-state index >= 15 is 0 Å². The van der Waals surface area contributed by atoms with E-state index in [1.165, 1.54) is 16.7 Å². The maximum Gasteiger partial charge on any atom is 0.108 e. The van der Waals surface area contributed by atoms with Crippen molar-refractivity contribution < 1.29 is 5.11 Å². The van der Waals surface area contributed by atoms with Crippen LogP contribution in [0.25, 0.3) is 6.08 Å². The van der Waals surface area contributed by atoms with Gasteiger partial charge in [-0.15, -0.1) is 0 Å². The highest BCUT2D eigenvalue weighted by atomic mass is 16.3. The van der Waals surface area contributed by atoms with Gasteiger partial charge in [0, 0.05) is 6.42 Å². The fourth-order valence-electron chi connectivity index (χ4n) is 2.03. The maximum atomic E-state index is 9.58. The number of benzene rings is 1. The van der Waals surface area contributed by atoms with Gasteiger partial charge in [0.1, 0.15) is 6.23 Å². The molecule has 2 rings (SSSR count). The van der Waals surface area contributed by atoms with Crippen molar-refractivity contribution >= 4 is 6.08 Å². The average Bonchev–Trinajstić information content (AvgIpc) is 2.29. The Hall–Kier alpha value is -1.12. The molecule has 0 amide bonds. The van der Waals surface area contributed by atoms with Crippen molar-refractivity contribution in [2.75, 3.05) is 7.05 Å². The normalized spacial score (nSPS) is 16.1. The second-order valence-corrected chi connectivity index (χ2v) is 3.94. The summed E-state index contributed by atoms with van der Waals surface area (Å²) in [7, 11) is 1.77. The molecule has 0 heterocycles. The molecule has 0 bridgehead atoms. The zero-order valence-corrected chi connectivity index (χ0v) is 9.03. The van der Waals surface area contributed by atoms with Gasteiger partial charge in [-0.25, -0.2) is 0 Å². The number of fused-ring (bicyclic) bond motifs is 1. The van der Waals surface area contributed by atoms with Gasteiger partial charge in [-0.3, -0.25) is 5.32 Å². The monoisotopic (exact) mass is 203 g/mol. The van der Waals surface area contributed by atoms with Gasteiger partial charge in [0.2, 0.25) is 0 Å². The van der Waals surface area contributed by atoms with Crippen LogP contribution in [-0.2, 0) is 12.8 Å². The van der Waals surface area contributed by atoms with Crippen molar-refractivity contribution in [3.8, 4) is 0 Å². The molecule has 1 aromatic carbocycles. The molecule has 0 aromatic heterocycles. The van der Waals surface area contributed by atoms with E-state index < -0.39 is 6.23 Å². The first-order valence-electron chi connectivity index (χ1n) is 5.44. The van der Waals surface area contributed by atoms with E-state index in [1.807, 2.05) is 0 Å². The van der Waals surface area contributed by atoms with Gasteiger partial charge in [0.15, 0.2) is 0 Å². The van der Waals surface area contributed by atoms with Gasteiger partial charge < -0.3 is 5.11 Å². The third-order valence-electron chi connectivity index (χ3n) is 2.90. The number of allylic oxidation sites excluding steroid dienone is 1. The van der Waals surface area contributed by atoms with E-state index in [2.05, 4.69) is 35.7 Å². The van der Waals surface area contributed by atoms with Crippen molar-refractivity contribution in [1.82, 2.24) is 5.32 Å². The maximum absolute atomic E-state index is 9.58. The molecular formula is C13H17NO. The van der Waals surface area contributed by atoms with Crippen molar-refractivity contribution in [2.24, 2.45) is 0 Å². The largest absolute Gasteiger partial charge is 0.378 e. The minimum atomic E-state index is -0.452. The number of hydrogen-bond donors (Lipinski definition) is 2. The Morgan fingerprint density at radius 3 is 3.13 bits per heavy atom. The lowest BCUT2D eigenvalue weighted by Crippen LogP contribution is -2.27. The van der Waals surface area contributed by atoms with Crippen LogP contribution in [0.5, 0.6) is 0 Å². The standard InChI is InChI=1S/C13H17NO/c1-14-13(15)9-11-7-4-6-10-5-2-3-8-12(10)11/h3-4,6-8,13-15H,2,5,9H2,1H3. The smallest absolute Gasteiger partial charge is 0.108 e. The van der Waals surface area contributed by atoms with Crippen molar-refractivity contribution in [3.63, 3.8) is 0 Å². The molecule has 0 saturated carbocycles. The predicted octanol–water partition coefficient (Wildman–Crippen LogP) is 1.73. The highest BCUT2D eigenvalue weighted by molar-refractivity contribution is 5.60. The molecule has 1 aromatic rings. The van der Waals surface area contributed by atoms with E-state index in [4.69, 9.17) is 0 Å². The molecule has 1 unspecified atom stereocenters. The van der Waals surface area contributed by atoms with Gasteiger partial charge in [-0.05, 0) is 36.6 Å². The summed E-state index contributed by atoms with van der Waals surface area (Å²) in [5, 5.41) is 12.4. The highest BCUT2D eigenvalue weighted by Gasteiger charge is 2.11. The van der Waals surface area contributed by atoms with Crippen LogP contribution in [0.3, 0.4) is 0 Å². The van der Waals surface area contributed by atoms with Gasteiger partial charge in [-0.2, -0.15) is 0 Å². The predicted molar refractivity (Wildman–Crippen MR) is 62.6 cm³/mol. The van der Waals surface area contributed by atoms with Gasteiger partial charge in [-0.1, -0.05) is 30.4 Å². The third-order valence-corrected chi connectivity index (χ3v) is 2.90. The molecule has 1 atom stereocenters. The SMILES string of the molecule is CNC(O)Cc1cccc2c1C=CCC2. The number of rotatable bonds is 3. The minimum absolute atomic E-state index is 0.452. The third kappa shape index (κ3) is 2.28. The minimum Gasteiger partial charge on any atom is -0.378 e. The molecule has 1 aliphatic carbocycles.